The van der Waals surface area contributed by atoms with E-state index in [1.165, 1.54) is 4.68 Å². The predicted octanol–water partition coefficient (Wildman–Crippen LogP) is 1.68. The molecule has 1 aromatic carbocycles. The van der Waals surface area contributed by atoms with Crippen LogP contribution in [0.15, 0.2) is 24.3 Å². The van der Waals surface area contributed by atoms with E-state index in [2.05, 4.69) is 27.7 Å². The molecule has 0 saturated carbocycles. The molecule has 0 radical (unpaired) electrons. The molecule has 0 bridgehead atoms. The largest absolute Gasteiger partial charge is 0.276 e. The lowest BCUT2D eigenvalue weighted by atomic mass is 10.3. The van der Waals surface area contributed by atoms with Crippen molar-refractivity contribution >= 4 is 39.9 Å². The van der Waals surface area contributed by atoms with Crippen LogP contribution in [0.2, 0.25) is 0 Å². The van der Waals surface area contributed by atoms with Crippen molar-refractivity contribution < 1.29 is 4.79 Å². The number of hydrogen-bond acceptors (Lipinski definition) is 2. The van der Waals surface area contributed by atoms with Gasteiger partial charge in [-0.2, -0.15) is 5.10 Å². The molecule has 1 heterocycles. The van der Waals surface area contributed by atoms with Crippen LogP contribution in [0.5, 0.6) is 0 Å². The highest BCUT2D eigenvalue weighted by Gasteiger charge is 2.04. The lowest BCUT2D eigenvalue weighted by molar-refractivity contribution is 0.542. The molecule has 0 aliphatic carbocycles. The molecule has 1 aromatic heterocycles. The standard InChI is InChI=1S/C8H5IN2O/c9-8-6-3-1-2-4-7(6)11(5-12)10-8/h1-5H. The first-order chi connectivity index (χ1) is 5.83. The molecule has 2 aromatic rings. The van der Waals surface area contributed by atoms with Gasteiger partial charge in [0.15, 0.2) is 0 Å². The molecule has 2 rings (SSSR count). The minimum Gasteiger partial charge on any atom is -0.276 e. The molecule has 60 valence electrons. The maximum Gasteiger partial charge on any atom is 0.234 e. The Kier molecular flexibility index (Phi) is 1.84. The highest BCUT2D eigenvalue weighted by molar-refractivity contribution is 14.1. The van der Waals surface area contributed by atoms with Gasteiger partial charge in [-0.15, -0.1) is 0 Å². The summed E-state index contributed by atoms with van der Waals surface area (Å²) >= 11 is 2.11. The first-order valence-electron chi connectivity index (χ1n) is 3.41. The fourth-order valence-electron chi connectivity index (χ4n) is 1.13. The fourth-order valence-corrected chi connectivity index (χ4v) is 1.82. The topological polar surface area (TPSA) is 34.9 Å². The Bertz CT molecular complexity index is 436. The maximum absolute atomic E-state index is 10.5. The highest BCUT2D eigenvalue weighted by Crippen LogP contribution is 2.18. The summed E-state index contributed by atoms with van der Waals surface area (Å²) < 4.78 is 2.20. The van der Waals surface area contributed by atoms with Crippen molar-refractivity contribution in [3.8, 4) is 0 Å². The summed E-state index contributed by atoms with van der Waals surface area (Å²) in [5, 5.41) is 5.06. The van der Waals surface area contributed by atoms with Gasteiger partial charge in [0.25, 0.3) is 0 Å². The molecule has 0 N–H and O–H groups in total. The number of para-hydroxylation sites is 1. The van der Waals surface area contributed by atoms with Crippen LogP contribution in [-0.4, -0.2) is 16.2 Å². The summed E-state index contributed by atoms with van der Waals surface area (Å²) in [5.74, 6) is 0. The van der Waals surface area contributed by atoms with Crippen molar-refractivity contribution in [3.63, 3.8) is 0 Å². The van der Waals surface area contributed by atoms with E-state index in [0.717, 1.165) is 14.6 Å². The van der Waals surface area contributed by atoms with Gasteiger partial charge in [-0.3, -0.25) is 4.79 Å². The van der Waals surface area contributed by atoms with Gasteiger partial charge in [0, 0.05) is 5.39 Å². The van der Waals surface area contributed by atoms with Crippen LogP contribution in [-0.2, 0) is 4.79 Å². The van der Waals surface area contributed by atoms with Crippen molar-refractivity contribution in [1.29, 1.82) is 0 Å². The predicted molar refractivity (Wildman–Crippen MR) is 54.6 cm³/mol. The normalized spacial score (nSPS) is 10.4. The molecule has 0 amide bonds. The van der Waals surface area contributed by atoms with Crippen molar-refractivity contribution in [3.05, 3.63) is 28.0 Å². The second-order valence-corrected chi connectivity index (χ2v) is 3.38. The number of aromatic nitrogens is 2. The van der Waals surface area contributed by atoms with Gasteiger partial charge in [0.05, 0.1) is 5.52 Å². The van der Waals surface area contributed by atoms with Gasteiger partial charge < -0.3 is 0 Å². The van der Waals surface area contributed by atoms with Gasteiger partial charge in [-0.05, 0) is 28.7 Å². The fraction of sp³-hybridized carbons (Fsp3) is 0. The van der Waals surface area contributed by atoms with Crippen LogP contribution < -0.4 is 0 Å². The van der Waals surface area contributed by atoms with E-state index < -0.39 is 0 Å². The van der Waals surface area contributed by atoms with Gasteiger partial charge in [-0.25, -0.2) is 4.68 Å². The number of carbonyl (C=O) groups is 1. The van der Waals surface area contributed by atoms with Crippen LogP contribution in [0, 0.1) is 3.70 Å². The molecular formula is C8H5IN2O. The van der Waals surface area contributed by atoms with Crippen molar-refractivity contribution in [2.45, 2.75) is 0 Å². The molecule has 0 fully saturated rings. The minimum atomic E-state index is 0.713. The van der Waals surface area contributed by atoms with Gasteiger partial charge in [0.1, 0.15) is 3.70 Å². The molecule has 3 nitrogen and oxygen atoms in total. The van der Waals surface area contributed by atoms with Gasteiger partial charge >= 0.3 is 0 Å². The molecule has 0 aliphatic rings. The Balaban J connectivity index is 2.91. The third-order valence-electron chi connectivity index (χ3n) is 1.67. The molecule has 12 heavy (non-hydrogen) atoms. The summed E-state index contributed by atoms with van der Waals surface area (Å²) in [6.07, 6.45) is 0.713. The lowest BCUT2D eigenvalue weighted by Gasteiger charge is -1.88. The smallest absolute Gasteiger partial charge is 0.234 e. The first-order valence-corrected chi connectivity index (χ1v) is 4.49. The summed E-state index contributed by atoms with van der Waals surface area (Å²) in [4.78, 5) is 10.5. The van der Waals surface area contributed by atoms with E-state index in [1.807, 2.05) is 24.3 Å². The van der Waals surface area contributed by atoms with E-state index in [1.54, 1.807) is 0 Å². The van der Waals surface area contributed by atoms with Crippen LogP contribution in [0.25, 0.3) is 10.9 Å². The van der Waals surface area contributed by atoms with E-state index in [4.69, 9.17) is 0 Å². The van der Waals surface area contributed by atoms with Crippen LogP contribution in [0.4, 0.5) is 0 Å². The zero-order valence-corrected chi connectivity index (χ0v) is 8.22. The first kappa shape index (κ1) is 7.72. The molecular weight excluding hydrogens is 267 g/mol. The van der Waals surface area contributed by atoms with E-state index in [0.29, 0.717) is 6.41 Å². The molecule has 0 unspecified atom stereocenters. The zero-order valence-electron chi connectivity index (χ0n) is 6.07. The second kappa shape index (κ2) is 2.85. The average molecular weight is 272 g/mol. The minimum absolute atomic E-state index is 0.713. The Morgan fingerprint density at radius 3 is 2.92 bits per heavy atom. The number of carbonyl (C=O) groups excluding carboxylic acids is 1. The Hall–Kier alpha value is -0.910. The second-order valence-electron chi connectivity index (χ2n) is 2.36. The molecule has 0 spiro atoms. The van der Waals surface area contributed by atoms with E-state index >= 15 is 0 Å². The Morgan fingerprint density at radius 1 is 1.42 bits per heavy atom. The van der Waals surface area contributed by atoms with Gasteiger partial charge in [-0.1, -0.05) is 18.2 Å². The number of nitrogens with zero attached hydrogens (tertiary/aromatic N) is 2. The summed E-state index contributed by atoms with van der Waals surface area (Å²) in [7, 11) is 0. The number of halogens is 1. The lowest BCUT2D eigenvalue weighted by Crippen LogP contribution is -1.95. The number of hydrogen-bond donors (Lipinski definition) is 0. The third kappa shape index (κ3) is 1.03. The zero-order chi connectivity index (χ0) is 8.55. The van der Waals surface area contributed by atoms with Crippen molar-refractivity contribution in [2.75, 3.05) is 0 Å². The number of rotatable bonds is 1. The Labute approximate surface area is 82.5 Å². The molecule has 4 heteroatoms. The van der Waals surface area contributed by atoms with Gasteiger partial charge in [0.2, 0.25) is 6.41 Å². The number of benzene rings is 1. The summed E-state index contributed by atoms with van der Waals surface area (Å²) in [5.41, 5.74) is 0.858. The molecule has 0 aliphatic heterocycles. The highest BCUT2D eigenvalue weighted by atomic mass is 127. The van der Waals surface area contributed by atoms with Crippen LogP contribution in [0.1, 0.15) is 0 Å². The van der Waals surface area contributed by atoms with Crippen molar-refractivity contribution in [1.82, 2.24) is 9.78 Å². The van der Waals surface area contributed by atoms with Crippen LogP contribution >= 0.6 is 22.6 Å². The molecule has 0 atom stereocenters. The SMILES string of the molecule is O=Cn1nc(I)c2ccccc21. The Morgan fingerprint density at radius 2 is 2.17 bits per heavy atom. The average Bonchev–Trinajstić information content (AvgIpc) is 2.44. The number of fused-ring (bicyclic) bond motifs is 1. The summed E-state index contributed by atoms with van der Waals surface area (Å²) in [6, 6.07) is 7.64. The monoisotopic (exact) mass is 272 g/mol. The van der Waals surface area contributed by atoms with Crippen molar-refractivity contribution in [2.24, 2.45) is 0 Å². The molecule has 0 saturated heterocycles. The quantitative estimate of drug-likeness (QED) is 0.584. The van der Waals surface area contributed by atoms with E-state index in [9.17, 15) is 4.79 Å². The summed E-state index contributed by atoms with van der Waals surface area (Å²) in [6.45, 7) is 0. The third-order valence-corrected chi connectivity index (χ3v) is 2.47. The van der Waals surface area contributed by atoms with E-state index in [-0.39, 0.29) is 0 Å². The maximum atomic E-state index is 10.5. The van der Waals surface area contributed by atoms with Crippen LogP contribution in [0.3, 0.4) is 0 Å².